The van der Waals surface area contributed by atoms with Crippen molar-refractivity contribution in [3.05, 3.63) is 0 Å². The lowest BCUT2D eigenvalue weighted by Gasteiger charge is -2.49. The molecular formula is C15H28N2O2. The summed E-state index contributed by atoms with van der Waals surface area (Å²) in [7, 11) is 0. The molecular weight excluding hydrogens is 240 g/mol. The highest BCUT2D eigenvalue weighted by molar-refractivity contribution is 5.97. The van der Waals surface area contributed by atoms with Gasteiger partial charge in [0.15, 0.2) is 0 Å². The van der Waals surface area contributed by atoms with Crippen molar-refractivity contribution in [1.82, 2.24) is 10.2 Å². The molecule has 0 aromatic rings. The van der Waals surface area contributed by atoms with Gasteiger partial charge < -0.3 is 10.2 Å². The van der Waals surface area contributed by atoms with E-state index in [4.69, 9.17) is 0 Å². The molecule has 0 aliphatic carbocycles. The number of hydrogen-bond acceptors (Lipinski definition) is 2. The van der Waals surface area contributed by atoms with E-state index in [1.54, 1.807) is 0 Å². The number of nitrogens with zero attached hydrogens (tertiary/aromatic N) is 1. The SMILES string of the molecule is CCC(C)(C)N1C(=O)C(C(C)C)NC(=O)C1C(C)C. The molecule has 2 atom stereocenters. The van der Waals surface area contributed by atoms with Gasteiger partial charge in [0.05, 0.1) is 0 Å². The maximum absolute atomic E-state index is 12.7. The van der Waals surface area contributed by atoms with E-state index in [-0.39, 0.29) is 35.2 Å². The molecule has 110 valence electrons. The van der Waals surface area contributed by atoms with E-state index in [9.17, 15) is 9.59 Å². The molecule has 0 bridgehead atoms. The Morgan fingerprint density at radius 2 is 1.68 bits per heavy atom. The van der Waals surface area contributed by atoms with Crippen LogP contribution in [0, 0.1) is 11.8 Å². The van der Waals surface area contributed by atoms with Gasteiger partial charge in [0.2, 0.25) is 11.8 Å². The molecule has 2 unspecified atom stereocenters. The Morgan fingerprint density at radius 1 is 1.16 bits per heavy atom. The summed E-state index contributed by atoms with van der Waals surface area (Å²) in [5.74, 6) is 0.262. The van der Waals surface area contributed by atoms with E-state index in [1.807, 2.05) is 46.4 Å². The van der Waals surface area contributed by atoms with E-state index >= 15 is 0 Å². The van der Waals surface area contributed by atoms with Crippen LogP contribution in [-0.4, -0.2) is 34.3 Å². The first kappa shape index (κ1) is 16.0. The second-order valence-corrected chi connectivity index (χ2v) is 6.79. The predicted molar refractivity (Wildman–Crippen MR) is 76.6 cm³/mol. The van der Waals surface area contributed by atoms with Gasteiger partial charge in [-0.1, -0.05) is 34.6 Å². The standard InChI is InChI=1S/C15H28N2O2/c1-8-15(6,7)17-12(10(4)5)13(18)16-11(9(2)3)14(17)19/h9-12H,8H2,1-7H3,(H,16,18). The lowest BCUT2D eigenvalue weighted by Crippen LogP contribution is -2.70. The van der Waals surface area contributed by atoms with Crippen molar-refractivity contribution in [3.8, 4) is 0 Å². The van der Waals surface area contributed by atoms with Crippen LogP contribution in [0.2, 0.25) is 0 Å². The zero-order valence-electron chi connectivity index (χ0n) is 13.3. The maximum atomic E-state index is 12.7. The Labute approximate surface area is 116 Å². The third-order valence-corrected chi connectivity index (χ3v) is 4.16. The van der Waals surface area contributed by atoms with Crippen molar-refractivity contribution >= 4 is 11.8 Å². The first-order valence-electron chi connectivity index (χ1n) is 7.27. The van der Waals surface area contributed by atoms with Crippen LogP contribution in [0.4, 0.5) is 0 Å². The van der Waals surface area contributed by atoms with Crippen molar-refractivity contribution in [2.24, 2.45) is 11.8 Å². The fourth-order valence-corrected chi connectivity index (χ4v) is 2.60. The van der Waals surface area contributed by atoms with Crippen LogP contribution >= 0.6 is 0 Å². The van der Waals surface area contributed by atoms with Crippen LogP contribution in [0.5, 0.6) is 0 Å². The molecule has 4 nitrogen and oxygen atoms in total. The van der Waals surface area contributed by atoms with E-state index in [2.05, 4.69) is 12.2 Å². The molecule has 0 aromatic carbocycles. The number of hydrogen-bond donors (Lipinski definition) is 1. The van der Waals surface area contributed by atoms with Gasteiger partial charge in [-0.15, -0.1) is 0 Å². The number of amides is 2. The van der Waals surface area contributed by atoms with E-state index in [0.717, 1.165) is 6.42 Å². The zero-order valence-corrected chi connectivity index (χ0v) is 13.3. The molecule has 2 amide bonds. The van der Waals surface area contributed by atoms with Gasteiger partial charge in [-0.3, -0.25) is 9.59 Å². The molecule has 1 aliphatic rings. The van der Waals surface area contributed by atoms with Gasteiger partial charge in [0.1, 0.15) is 12.1 Å². The lowest BCUT2D eigenvalue weighted by atomic mass is 9.86. The van der Waals surface area contributed by atoms with Gasteiger partial charge in [-0.25, -0.2) is 0 Å². The first-order chi connectivity index (χ1) is 8.63. The van der Waals surface area contributed by atoms with Gasteiger partial charge >= 0.3 is 0 Å². The van der Waals surface area contributed by atoms with Crippen LogP contribution in [0.1, 0.15) is 54.9 Å². The average Bonchev–Trinajstić information content (AvgIpc) is 2.29. The summed E-state index contributed by atoms with van der Waals surface area (Å²) in [6.07, 6.45) is 0.833. The van der Waals surface area contributed by atoms with E-state index in [1.165, 1.54) is 0 Å². The molecule has 0 aromatic heterocycles. The molecule has 1 saturated heterocycles. The van der Waals surface area contributed by atoms with Crippen molar-refractivity contribution in [2.75, 3.05) is 0 Å². The van der Waals surface area contributed by atoms with Crippen LogP contribution in [0.15, 0.2) is 0 Å². The molecule has 0 radical (unpaired) electrons. The molecule has 4 heteroatoms. The Bertz CT molecular complexity index is 361. The van der Waals surface area contributed by atoms with E-state index in [0.29, 0.717) is 0 Å². The van der Waals surface area contributed by atoms with Crippen LogP contribution in [0.25, 0.3) is 0 Å². The molecule has 1 heterocycles. The summed E-state index contributed by atoms with van der Waals surface area (Å²) in [5.41, 5.74) is -0.295. The summed E-state index contributed by atoms with van der Waals surface area (Å²) < 4.78 is 0. The van der Waals surface area contributed by atoms with Crippen LogP contribution < -0.4 is 5.32 Å². The molecule has 1 fully saturated rings. The highest BCUT2D eigenvalue weighted by Crippen LogP contribution is 2.30. The highest BCUT2D eigenvalue weighted by Gasteiger charge is 2.47. The number of carbonyl (C=O) groups excluding carboxylic acids is 2. The Morgan fingerprint density at radius 3 is 2.05 bits per heavy atom. The highest BCUT2D eigenvalue weighted by atomic mass is 16.2. The Hall–Kier alpha value is -1.06. The lowest BCUT2D eigenvalue weighted by molar-refractivity contribution is -0.159. The smallest absolute Gasteiger partial charge is 0.246 e. The number of nitrogens with one attached hydrogen (secondary N) is 1. The molecule has 0 spiro atoms. The molecule has 19 heavy (non-hydrogen) atoms. The summed E-state index contributed by atoms with van der Waals surface area (Å²) in [6.45, 7) is 14.1. The molecule has 1 aliphatic heterocycles. The maximum Gasteiger partial charge on any atom is 0.246 e. The van der Waals surface area contributed by atoms with Crippen molar-refractivity contribution < 1.29 is 9.59 Å². The Balaban J connectivity index is 3.22. The van der Waals surface area contributed by atoms with Gasteiger partial charge in [-0.2, -0.15) is 0 Å². The molecule has 1 N–H and O–H groups in total. The minimum absolute atomic E-state index is 0.0187. The number of piperazine rings is 1. The summed E-state index contributed by atoms with van der Waals surface area (Å²) in [4.78, 5) is 26.9. The molecule has 1 rings (SSSR count). The monoisotopic (exact) mass is 268 g/mol. The Kier molecular flexibility index (Phi) is 4.64. The largest absolute Gasteiger partial charge is 0.342 e. The summed E-state index contributed by atoms with van der Waals surface area (Å²) in [6, 6.07) is -0.759. The van der Waals surface area contributed by atoms with Gasteiger partial charge in [0.25, 0.3) is 0 Å². The average molecular weight is 268 g/mol. The number of rotatable bonds is 4. The minimum atomic E-state index is -0.395. The number of carbonyl (C=O) groups is 2. The fourth-order valence-electron chi connectivity index (χ4n) is 2.60. The normalized spacial score (nSPS) is 25.2. The van der Waals surface area contributed by atoms with E-state index < -0.39 is 6.04 Å². The minimum Gasteiger partial charge on any atom is -0.342 e. The van der Waals surface area contributed by atoms with Gasteiger partial charge in [-0.05, 0) is 32.1 Å². The van der Waals surface area contributed by atoms with Crippen LogP contribution in [-0.2, 0) is 9.59 Å². The zero-order chi connectivity index (χ0) is 15.0. The van der Waals surface area contributed by atoms with Crippen molar-refractivity contribution in [3.63, 3.8) is 0 Å². The quantitative estimate of drug-likeness (QED) is 0.849. The summed E-state index contributed by atoms with van der Waals surface area (Å²) >= 11 is 0. The van der Waals surface area contributed by atoms with Crippen molar-refractivity contribution in [1.29, 1.82) is 0 Å². The predicted octanol–water partition coefficient (Wildman–Crippen LogP) is 2.18. The molecule has 0 saturated carbocycles. The van der Waals surface area contributed by atoms with Crippen molar-refractivity contribution in [2.45, 2.75) is 72.5 Å². The van der Waals surface area contributed by atoms with Crippen LogP contribution in [0.3, 0.4) is 0 Å². The first-order valence-corrected chi connectivity index (χ1v) is 7.27. The fraction of sp³-hybridized carbons (Fsp3) is 0.867. The third-order valence-electron chi connectivity index (χ3n) is 4.16. The third kappa shape index (κ3) is 2.93. The van der Waals surface area contributed by atoms with Gasteiger partial charge in [0, 0.05) is 5.54 Å². The topological polar surface area (TPSA) is 49.4 Å². The second kappa shape index (κ2) is 5.51. The summed E-state index contributed by atoms with van der Waals surface area (Å²) in [5, 5.41) is 2.89. The second-order valence-electron chi connectivity index (χ2n) is 6.79.